The van der Waals surface area contributed by atoms with E-state index >= 15 is 0 Å². The number of fused-ring (bicyclic) bond motifs is 2. The lowest BCUT2D eigenvalue weighted by Gasteiger charge is -2.33. The third kappa shape index (κ3) is 2.07. The molecule has 4 nitrogen and oxygen atoms in total. The average Bonchev–Trinajstić information content (AvgIpc) is 2.45. The Morgan fingerprint density at radius 3 is 2.57 bits per heavy atom. The van der Waals surface area contributed by atoms with Gasteiger partial charge < -0.3 is 10.5 Å². The number of ether oxygens (including phenoxy) is 1. The zero-order chi connectivity index (χ0) is 10.1. The standard InChI is InChI=1S/C10H19N3O/c1-7(10(11)12)4-13-5-8-2-3-9(6-13)14-8/h7-9H,2-6H2,1H3,(H3,11,12). The highest BCUT2D eigenvalue weighted by Gasteiger charge is 2.33. The van der Waals surface area contributed by atoms with Gasteiger partial charge in [-0.3, -0.25) is 10.3 Å². The van der Waals surface area contributed by atoms with Gasteiger partial charge in [-0.05, 0) is 12.8 Å². The first-order valence-corrected chi connectivity index (χ1v) is 5.37. The van der Waals surface area contributed by atoms with E-state index in [0.717, 1.165) is 19.6 Å². The molecule has 3 unspecified atom stereocenters. The zero-order valence-corrected chi connectivity index (χ0v) is 8.70. The van der Waals surface area contributed by atoms with Crippen LogP contribution in [0, 0.1) is 11.3 Å². The number of nitrogens with two attached hydrogens (primary N) is 1. The van der Waals surface area contributed by atoms with Crippen molar-refractivity contribution < 1.29 is 4.74 Å². The molecule has 2 heterocycles. The lowest BCUT2D eigenvalue weighted by molar-refractivity contribution is -0.0399. The molecule has 2 aliphatic heterocycles. The first kappa shape index (κ1) is 9.93. The van der Waals surface area contributed by atoms with Crippen molar-refractivity contribution in [3.63, 3.8) is 0 Å². The number of rotatable bonds is 3. The lowest BCUT2D eigenvalue weighted by atomic mass is 10.1. The molecule has 0 aromatic carbocycles. The number of nitrogens with one attached hydrogen (secondary N) is 1. The fourth-order valence-corrected chi connectivity index (χ4v) is 2.33. The summed E-state index contributed by atoms with van der Waals surface area (Å²) in [5, 5.41) is 7.36. The molecule has 0 amide bonds. The maximum Gasteiger partial charge on any atom is 0.0947 e. The van der Waals surface area contributed by atoms with Crippen LogP contribution in [0.25, 0.3) is 0 Å². The van der Waals surface area contributed by atoms with Gasteiger partial charge in [-0.15, -0.1) is 0 Å². The minimum absolute atomic E-state index is 0.174. The second kappa shape index (κ2) is 3.87. The van der Waals surface area contributed by atoms with Crippen LogP contribution in [0.5, 0.6) is 0 Å². The van der Waals surface area contributed by atoms with Gasteiger partial charge in [-0.25, -0.2) is 0 Å². The molecule has 2 rings (SSSR count). The molecule has 2 bridgehead atoms. The maximum absolute atomic E-state index is 7.36. The second-order valence-electron chi connectivity index (χ2n) is 4.53. The van der Waals surface area contributed by atoms with E-state index in [1.54, 1.807) is 0 Å². The van der Waals surface area contributed by atoms with Crippen molar-refractivity contribution >= 4 is 5.84 Å². The Kier molecular flexibility index (Phi) is 2.74. The summed E-state index contributed by atoms with van der Waals surface area (Å²) in [5.74, 6) is 0.469. The molecule has 4 heteroatoms. The molecule has 3 N–H and O–H groups in total. The number of nitrogens with zero attached hydrogens (tertiary/aromatic N) is 1. The van der Waals surface area contributed by atoms with Crippen LogP contribution >= 0.6 is 0 Å². The number of hydrogen-bond acceptors (Lipinski definition) is 3. The summed E-state index contributed by atoms with van der Waals surface area (Å²) < 4.78 is 5.74. The van der Waals surface area contributed by atoms with Gasteiger partial charge in [0, 0.05) is 25.6 Å². The van der Waals surface area contributed by atoms with E-state index in [-0.39, 0.29) is 5.92 Å². The molecule has 80 valence electrons. The summed E-state index contributed by atoms with van der Waals surface area (Å²) in [6.07, 6.45) is 3.28. The predicted octanol–water partition coefficient (Wildman–Crippen LogP) is 0.422. The molecule has 0 aromatic heterocycles. The Morgan fingerprint density at radius 2 is 2.07 bits per heavy atom. The fraction of sp³-hybridized carbons (Fsp3) is 0.900. The van der Waals surface area contributed by atoms with Gasteiger partial charge in [0.2, 0.25) is 0 Å². The van der Waals surface area contributed by atoms with Crippen LogP contribution < -0.4 is 5.73 Å². The topological polar surface area (TPSA) is 62.3 Å². The van der Waals surface area contributed by atoms with Crippen molar-refractivity contribution in [2.75, 3.05) is 19.6 Å². The largest absolute Gasteiger partial charge is 0.387 e. The highest BCUT2D eigenvalue weighted by molar-refractivity contribution is 5.79. The van der Waals surface area contributed by atoms with E-state index in [9.17, 15) is 0 Å². The molecule has 0 aliphatic carbocycles. The normalized spacial score (nSPS) is 34.4. The van der Waals surface area contributed by atoms with E-state index in [2.05, 4.69) is 4.90 Å². The van der Waals surface area contributed by atoms with Crippen molar-refractivity contribution in [3.8, 4) is 0 Å². The first-order chi connectivity index (χ1) is 6.65. The Balaban J connectivity index is 1.84. The van der Waals surface area contributed by atoms with Gasteiger partial charge in [0.15, 0.2) is 0 Å². The number of amidine groups is 1. The molecule has 2 saturated heterocycles. The molecule has 3 atom stereocenters. The lowest BCUT2D eigenvalue weighted by Crippen LogP contribution is -2.45. The second-order valence-corrected chi connectivity index (χ2v) is 4.53. The Bertz CT molecular complexity index is 219. The highest BCUT2D eigenvalue weighted by atomic mass is 16.5. The van der Waals surface area contributed by atoms with Gasteiger partial charge in [-0.1, -0.05) is 6.92 Å². The summed E-state index contributed by atoms with van der Waals surface area (Å²) in [5.41, 5.74) is 5.46. The van der Waals surface area contributed by atoms with Gasteiger partial charge in [0.1, 0.15) is 0 Å². The summed E-state index contributed by atoms with van der Waals surface area (Å²) in [6, 6.07) is 0. The van der Waals surface area contributed by atoms with Gasteiger partial charge in [0.05, 0.1) is 18.0 Å². The van der Waals surface area contributed by atoms with Crippen LogP contribution in [0.2, 0.25) is 0 Å². The number of hydrogen-bond donors (Lipinski definition) is 2. The van der Waals surface area contributed by atoms with E-state index in [1.165, 1.54) is 12.8 Å². The van der Waals surface area contributed by atoms with Crippen LogP contribution in [0.15, 0.2) is 0 Å². The first-order valence-electron chi connectivity index (χ1n) is 5.37. The third-order valence-electron chi connectivity index (χ3n) is 3.18. The van der Waals surface area contributed by atoms with E-state index in [1.807, 2.05) is 6.92 Å². The minimum atomic E-state index is 0.174. The number of likely N-dealkylation sites (tertiary alicyclic amines) is 1. The van der Waals surface area contributed by atoms with Crippen LogP contribution in [-0.2, 0) is 4.74 Å². The molecular formula is C10H19N3O. The van der Waals surface area contributed by atoms with E-state index in [4.69, 9.17) is 15.9 Å². The summed E-state index contributed by atoms with van der Waals surface area (Å²) in [4.78, 5) is 2.39. The van der Waals surface area contributed by atoms with Crippen LogP contribution in [0.1, 0.15) is 19.8 Å². The third-order valence-corrected chi connectivity index (χ3v) is 3.18. The minimum Gasteiger partial charge on any atom is -0.387 e. The molecular weight excluding hydrogens is 178 g/mol. The van der Waals surface area contributed by atoms with Crippen molar-refractivity contribution in [2.45, 2.75) is 32.0 Å². The molecule has 0 aromatic rings. The van der Waals surface area contributed by atoms with Gasteiger partial charge >= 0.3 is 0 Å². The van der Waals surface area contributed by atoms with Crippen molar-refractivity contribution in [2.24, 2.45) is 11.7 Å². The Hall–Kier alpha value is -0.610. The van der Waals surface area contributed by atoms with Crippen molar-refractivity contribution in [1.29, 1.82) is 5.41 Å². The number of morpholine rings is 1. The molecule has 14 heavy (non-hydrogen) atoms. The molecule has 0 radical (unpaired) electrons. The highest BCUT2D eigenvalue weighted by Crippen LogP contribution is 2.26. The smallest absolute Gasteiger partial charge is 0.0947 e. The predicted molar refractivity (Wildman–Crippen MR) is 55.4 cm³/mol. The van der Waals surface area contributed by atoms with Gasteiger partial charge in [-0.2, -0.15) is 0 Å². The Labute approximate surface area is 84.9 Å². The van der Waals surface area contributed by atoms with Crippen LogP contribution in [0.4, 0.5) is 0 Å². The SMILES string of the molecule is CC(CN1CC2CCC(C1)O2)C(=N)N. The monoisotopic (exact) mass is 197 g/mol. The average molecular weight is 197 g/mol. The summed E-state index contributed by atoms with van der Waals surface area (Å²) in [6.45, 7) is 4.97. The van der Waals surface area contributed by atoms with Crippen molar-refractivity contribution in [3.05, 3.63) is 0 Å². The van der Waals surface area contributed by atoms with E-state index in [0.29, 0.717) is 18.0 Å². The molecule has 0 spiro atoms. The van der Waals surface area contributed by atoms with Crippen LogP contribution in [-0.4, -0.2) is 42.6 Å². The molecule has 2 aliphatic rings. The summed E-state index contributed by atoms with van der Waals surface area (Å²) in [7, 11) is 0. The zero-order valence-electron chi connectivity index (χ0n) is 8.70. The molecule has 0 saturated carbocycles. The fourth-order valence-electron chi connectivity index (χ4n) is 2.33. The van der Waals surface area contributed by atoms with Crippen molar-refractivity contribution in [1.82, 2.24) is 4.90 Å². The van der Waals surface area contributed by atoms with Crippen LogP contribution in [0.3, 0.4) is 0 Å². The molecule has 2 fully saturated rings. The maximum atomic E-state index is 7.36. The summed E-state index contributed by atoms with van der Waals surface area (Å²) >= 11 is 0. The van der Waals surface area contributed by atoms with E-state index < -0.39 is 0 Å². The quantitative estimate of drug-likeness (QED) is 0.509. The Morgan fingerprint density at radius 1 is 1.50 bits per heavy atom. The van der Waals surface area contributed by atoms with Gasteiger partial charge in [0.25, 0.3) is 0 Å².